The summed E-state index contributed by atoms with van der Waals surface area (Å²) >= 11 is 1.70. The number of nitrogens with zero attached hydrogens (tertiary/aromatic N) is 2. The summed E-state index contributed by atoms with van der Waals surface area (Å²) < 4.78 is 0. The first-order chi connectivity index (χ1) is 11.8. The molecule has 1 aromatic carbocycles. The van der Waals surface area contributed by atoms with Crippen molar-refractivity contribution in [3.63, 3.8) is 0 Å². The zero-order valence-corrected chi connectivity index (χ0v) is 16.0. The van der Waals surface area contributed by atoms with Crippen molar-refractivity contribution < 1.29 is 9.59 Å². The number of anilines is 1. The van der Waals surface area contributed by atoms with Crippen LogP contribution in [0.5, 0.6) is 0 Å². The van der Waals surface area contributed by atoms with Gasteiger partial charge in [0, 0.05) is 24.2 Å². The Morgan fingerprint density at radius 2 is 1.72 bits per heavy atom. The molecule has 0 aliphatic carbocycles. The first-order valence-electron chi connectivity index (χ1n) is 8.17. The molecule has 0 spiro atoms. The van der Waals surface area contributed by atoms with Crippen molar-refractivity contribution in [2.75, 3.05) is 32.5 Å². The van der Waals surface area contributed by atoms with Gasteiger partial charge in [-0.2, -0.15) is 0 Å². The number of carbonyl (C=O) groups excluding carboxylic acids is 2. The number of carbonyl (C=O) groups is 2. The van der Waals surface area contributed by atoms with Gasteiger partial charge in [-0.05, 0) is 50.0 Å². The summed E-state index contributed by atoms with van der Waals surface area (Å²) in [4.78, 5) is 29.1. The molecule has 1 heterocycles. The lowest BCUT2D eigenvalue weighted by Crippen LogP contribution is -2.40. The Morgan fingerprint density at radius 1 is 1.04 bits per heavy atom. The highest BCUT2D eigenvalue weighted by molar-refractivity contribution is 7.10. The van der Waals surface area contributed by atoms with Gasteiger partial charge in [-0.15, -0.1) is 11.3 Å². The molecule has 5 nitrogen and oxygen atoms in total. The molecule has 0 aliphatic rings. The van der Waals surface area contributed by atoms with Crippen molar-refractivity contribution in [2.24, 2.45) is 0 Å². The number of hydrogen-bond acceptors (Lipinski definition) is 4. The molecule has 0 saturated heterocycles. The van der Waals surface area contributed by atoms with E-state index in [1.54, 1.807) is 18.4 Å². The quantitative estimate of drug-likeness (QED) is 0.827. The molecule has 2 amide bonds. The minimum atomic E-state index is -0.198. The molecule has 1 aromatic heterocycles. The summed E-state index contributed by atoms with van der Waals surface area (Å²) in [6.45, 7) is 5.12. The minimum absolute atomic E-state index is 0.0403. The van der Waals surface area contributed by atoms with Crippen LogP contribution in [0.1, 0.15) is 16.0 Å². The molecular weight excluding hydrogens is 334 g/mol. The van der Waals surface area contributed by atoms with Crippen LogP contribution in [0.25, 0.3) is 0 Å². The number of amides is 2. The van der Waals surface area contributed by atoms with E-state index in [4.69, 9.17) is 0 Å². The predicted octanol–water partition coefficient (Wildman–Crippen LogP) is 2.89. The van der Waals surface area contributed by atoms with E-state index >= 15 is 0 Å². The molecule has 6 heteroatoms. The zero-order valence-electron chi connectivity index (χ0n) is 15.2. The van der Waals surface area contributed by atoms with Crippen molar-refractivity contribution in [1.29, 1.82) is 0 Å². The first kappa shape index (κ1) is 19.1. The van der Waals surface area contributed by atoms with Crippen molar-refractivity contribution >= 4 is 28.8 Å². The SMILES string of the molecule is Cc1ccc(NC(=O)CN(C)C(=O)CN(C)Cc2sccc2C)cc1. The Balaban J connectivity index is 1.79. The molecule has 0 radical (unpaired) electrons. The van der Waals surface area contributed by atoms with E-state index < -0.39 is 0 Å². The maximum Gasteiger partial charge on any atom is 0.243 e. The van der Waals surface area contributed by atoms with Gasteiger partial charge in [-0.3, -0.25) is 14.5 Å². The predicted molar refractivity (Wildman–Crippen MR) is 103 cm³/mol. The minimum Gasteiger partial charge on any atom is -0.335 e. The molecule has 134 valence electrons. The summed E-state index contributed by atoms with van der Waals surface area (Å²) in [5, 5.41) is 4.86. The van der Waals surface area contributed by atoms with Gasteiger partial charge in [-0.25, -0.2) is 0 Å². The second-order valence-corrected chi connectivity index (χ2v) is 7.36. The average molecular weight is 359 g/mol. The standard InChI is InChI=1S/C19H25N3O2S/c1-14-5-7-16(8-6-14)20-18(23)12-22(4)19(24)13-21(3)11-17-15(2)9-10-25-17/h5-10H,11-13H2,1-4H3,(H,20,23). The van der Waals surface area contributed by atoms with Crippen LogP contribution in [0.4, 0.5) is 5.69 Å². The molecule has 1 N–H and O–H groups in total. The fraction of sp³-hybridized carbons (Fsp3) is 0.368. The highest BCUT2D eigenvalue weighted by Crippen LogP contribution is 2.17. The van der Waals surface area contributed by atoms with Crippen molar-refractivity contribution in [2.45, 2.75) is 20.4 Å². The first-order valence-corrected chi connectivity index (χ1v) is 9.05. The molecule has 2 aromatic rings. The third kappa shape index (κ3) is 5.99. The van der Waals surface area contributed by atoms with Crippen LogP contribution in [-0.2, 0) is 16.1 Å². The molecule has 0 fully saturated rings. The lowest BCUT2D eigenvalue weighted by atomic mass is 10.2. The monoisotopic (exact) mass is 359 g/mol. The molecule has 0 bridgehead atoms. The summed E-state index contributed by atoms with van der Waals surface area (Å²) in [6.07, 6.45) is 0. The Bertz CT molecular complexity index is 725. The molecule has 2 rings (SSSR count). The van der Waals surface area contributed by atoms with Gasteiger partial charge in [0.15, 0.2) is 0 Å². The average Bonchev–Trinajstić information content (AvgIpc) is 2.94. The van der Waals surface area contributed by atoms with Gasteiger partial charge < -0.3 is 10.2 Å². The van der Waals surface area contributed by atoms with Crippen LogP contribution >= 0.6 is 11.3 Å². The van der Waals surface area contributed by atoms with Gasteiger partial charge in [0.1, 0.15) is 0 Å². The van der Waals surface area contributed by atoms with E-state index in [0.29, 0.717) is 0 Å². The number of thiophene rings is 1. The fourth-order valence-corrected chi connectivity index (χ4v) is 3.35. The highest BCUT2D eigenvalue weighted by atomic mass is 32.1. The summed E-state index contributed by atoms with van der Waals surface area (Å²) in [5.41, 5.74) is 3.12. The van der Waals surface area contributed by atoms with Gasteiger partial charge in [0.25, 0.3) is 0 Å². The van der Waals surface area contributed by atoms with E-state index in [2.05, 4.69) is 23.7 Å². The van der Waals surface area contributed by atoms with Crippen LogP contribution < -0.4 is 5.32 Å². The van der Waals surface area contributed by atoms with Crippen molar-refractivity contribution in [3.8, 4) is 0 Å². The maximum absolute atomic E-state index is 12.3. The maximum atomic E-state index is 12.3. The second kappa shape index (κ2) is 8.78. The smallest absolute Gasteiger partial charge is 0.243 e. The summed E-state index contributed by atoms with van der Waals surface area (Å²) in [7, 11) is 3.57. The fourth-order valence-electron chi connectivity index (χ4n) is 2.36. The zero-order chi connectivity index (χ0) is 18.4. The van der Waals surface area contributed by atoms with Gasteiger partial charge >= 0.3 is 0 Å². The van der Waals surface area contributed by atoms with E-state index in [9.17, 15) is 9.59 Å². The van der Waals surface area contributed by atoms with Crippen LogP contribution in [0.2, 0.25) is 0 Å². The molecule has 0 unspecified atom stereocenters. The van der Waals surface area contributed by atoms with Gasteiger partial charge in [0.05, 0.1) is 13.1 Å². The Hall–Kier alpha value is -2.18. The number of likely N-dealkylation sites (N-methyl/N-ethyl adjacent to an activating group) is 2. The summed E-state index contributed by atoms with van der Waals surface area (Å²) in [6, 6.07) is 9.66. The highest BCUT2D eigenvalue weighted by Gasteiger charge is 2.16. The van der Waals surface area contributed by atoms with Gasteiger partial charge in [-0.1, -0.05) is 17.7 Å². The Kier molecular flexibility index (Phi) is 6.73. The van der Waals surface area contributed by atoms with Crippen LogP contribution in [0.3, 0.4) is 0 Å². The van der Waals surface area contributed by atoms with Crippen LogP contribution in [0, 0.1) is 13.8 Å². The van der Waals surface area contributed by atoms with E-state index in [1.807, 2.05) is 43.1 Å². The van der Waals surface area contributed by atoms with Gasteiger partial charge in [0.2, 0.25) is 11.8 Å². The van der Waals surface area contributed by atoms with E-state index in [1.165, 1.54) is 15.3 Å². The molecule has 0 saturated carbocycles. The third-order valence-electron chi connectivity index (χ3n) is 3.93. The van der Waals surface area contributed by atoms with Crippen molar-refractivity contribution in [1.82, 2.24) is 9.80 Å². The Morgan fingerprint density at radius 3 is 2.32 bits per heavy atom. The second-order valence-electron chi connectivity index (χ2n) is 6.36. The normalized spacial score (nSPS) is 10.8. The van der Waals surface area contributed by atoms with Crippen molar-refractivity contribution in [3.05, 3.63) is 51.7 Å². The lowest BCUT2D eigenvalue weighted by molar-refractivity contribution is -0.134. The number of hydrogen-bond donors (Lipinski definition) is 1. The van der Waals surface area contributed by atoms with Crippen LogP contribution in [0.15, 0.2) is 35.7 Å². The summed E-state index contributed by atoms with van der Waals surface area (Å²) in [5.74, 6) is -0.271. The molecular formula is C19H25N3O2S. The van der Waals surface area contributed by atoms with Crippen LogP contribution in [-0.4, -0.2) is 48.8 Å². The number of benzene rings is 1. The molecule has 0 aliphatic heterocycles. The lowest BCUT2D eigenvalue weighted by Gasteiger charge is -2.21. The van der Waals surface area contributed by atoms with E-state index in [-0.39, 0.29) is 24.9 Å². The van der Waals surface area contributed by atoms with E-state index in [0.717, 1.165) is 17.8 Å². The number of aryl methyl sites for hydroxylation is 2. The Labute approximate surface area is 153 Å². The number of nitrogens with one attached hydrogen (secondary N) is 1. The topological polar surface area (TPSA) is 52.7 Å². The number of rotatable bonds is 7. The third-order valence-corrected chi connectivity index (χ3v) is 4.94. The molecule has 25 heavy (non-hydrogen) atoms. The largest absolute Gasteiger partial charge is 0.335 e. The molecule has 0 atom stereocenters.